The van der Waals surface area contributed by atoms with Crippen LogP contribution in [-0.4, -0.2) is 77.5 Å². The van der Waals surface area contributed by atoms with Crippen molar-refractivity contribution in [3.05, 3.63) is 51.1 Å². The van der Waals surface area contributed by atoms with Crippen LogP contribution in [0.2, 0.25) is 0 Å². The minimum Gasteiger partial charge on any atom is -0.467 e. The number of rotatable bonds is 12. The summed E-state index contributed by atoms with van der Waals surface area (Å²) in [6.45, 7) is 11.1. The molecule has 2 aromatic heterocycles. The zero-order valence-electron chi connectivity index (χ0n) is 28.6. The fourth-order valence-corrected chi connectivity index (χ4v) is 6.34. The highest BCUT2D eigenvalue weighted by Gasteiger charge is 2.30. The molecule has 0 fully saturated rings. The van der Waals surface area contributed by atoms with Crippen LogP contribution in [-0.2, 0) is 49.8 Å². The van der Waals surface area contributed by atoms with Crippen molar-refractivity contribution in [2.75, 3.05) is 31.7 Å². The van der Waals surface area contributed by atoms with Crippen molar-refractivity contribution in [2.24, 2.45) is 5.92 Å². The third-order valence-electron chi connectivity index (χ3n) is 8.28. The molecule has 0 radical (unpaired) electrons. The Balaban J connectivity index is 1.28. The summed E-state index contributed by atoms with van der Waals surface area (Å²) < 4.78 is 23.4. The Morgan fingerprint density at radius 1 is 1.06 bits per heavy atom. The first kappa shape index (κ1) is 34.9. The number of hydrogen-bond acceptors (Lipinski definition) is 11. The molecule has 2 amide bonds. The quantitative estimate of drug-likeness (QED) is 0.215. The van der Waals surface area contributed by atoms with Crippen molar-refractivity contribution in [1.82, 2.24) is 25.6 Å². The smallest absolute Gasteiger partial charge is 0.408 e. The maximum atomic E-state index is 13.3. The van der Waals surface area contributed by atoms with E-state index >= 15 is 0 Å². The van der Waals surface area contributed by atoms with Gasteiger partial charge in [-0.15, -0.1) is 5.10 Å². The van der Waals surface area contributed by atoms with Crippen molar-refractivity contribution >= 4 is 34.6 Å². The Hall–Kier alpha value is -4.46. The van der Waals surface area contributed by atoms with Gasteiger partial charge in [-0.3, -0.25) is 4.79 Å². The summed E-state index contributed by atoms with van der Waals surface area (Å²) >= 11 is 0. The first-order valence-corrected chi connectivity index (χ1v) is 16.5. The molecule has 0 spiro atoms. The van der Waals surface area contributed by atoms with Gasteiger partial charge in [0.2, 0.25) is 5.91 Å². The maximum absolute atomic E-state index is 13.3. The van der Waals surface area contributed by atoms with Gasteiger partial charge in [0.25, 0.3) is 0 Å². The lowest BCUT2D eigenvalue weighted by Crippen LogP contribution is -2.54. The van der Waals surface area contributed by atoms with E-state index in [-0.39, 0.29) is 19.1 Å². The van der Waals surface area contributed by atoms with E-state index in [9.17, 15) is 19.2 Å². The number of aryl methyl sites for hydroxylation is 2. The number of carbonyl (C=O) groups is 3. The number of ether oxygens (including phenoxy) is 3. The van der Waals surface area contributed by atoms with Gasteiger partial charge in [0.05, 0.1) is 33.1 Å². The van der Waals surface area contributed by atoms with Crippen LogP contribution in [0.15, 0.2) is 27.5 Å². The number of benzene rings is 1. The highest BCUT2D eigenvalue weighted by molar-refractivity contribution is 5.91. The number of nitrogens with one attached hydrogen (secondary N) is 2. The van der Waals surface area contributed by atoms with Crippen LogP contribution in [0.25, 0.3) is 11.0 Å². The summed E-state index contributed by atoms with van der Waals surface area (Å²) in [7, 11) is 1.25. The van der Waals surface area contributed by atoms with E-state index in [0.29, 0.717) is 24.2 Å². The van der Waals surface area contributed by atoms with Crippen LogP contribution in [0.5, 0.6) is 0 Å². The topological polar surface area (TPSA) is 167 Å². The Morgan fingerprint density at radius 3 is 2.52 bits per heavy atom. The van der Waals surface area contributed by atoms with Crippen LogP contribution in [0.4, 0.5) is 10.5 Å². The first-order valence-electron chi connectivity index (χ1n) is 16.5. The monoisotopic (exact) mass is 666 g/mol. The van der Waals surface area contributed by atoms with Gasteiger partial charge in [-0.1, -0.05) is 19.1 Å². The van der Waals surface area contributed by atoms with Gasteiger partial charge < -0.3 is 34.2 Å². The predicted octanol–water partition coefficient (Wildman–Crippen LogP) is 3.25. The number of methoxy groups -OCH3 is 1. The number of hydrogen-bond donors (Lipinski definition) is 2. The molecule has 4 heterocycles. The molecule has 260 valence electrons. The highest BCUT2D eigenvalue weighted by Crippen LogP contribution is 2.40. The molecule has 14 heteroatoms. The molecule has 48 heavy (non-hydrogen) atoms. The lowest BCUT2D eigenvalue weighted by atomic mass is 9.89. The van der Waals surface area contributed by atoms with Crippen molar-refractivity contribution < 1.29 is 33.0 Å². The molecule has 5 rings (SSSR count). The molecule has 1 aromatic carbocycles. The van der Waals surface area contributed by atoms with Gasteiger partial charge in [0, 0.05) is 35.8 Å². The number of amides is 2. The third kappa shape index (κ3) is 8.52. The normalized spacial score (nSPS) is 15.5. The summed E-state index contributed by atoms with van der Waals surface area (Å²) in [5.74, 6) is -1.12. The summed E-state index contributed by atoms with van der Waals surface area (Å²) in [5, 5.41) is 14.6. The summed E-state index contributed by atoms with van der Waals surface area (Å²) in [5.41, 5.74) is 4.35. The summed E-state index contributed by atoms with van der Waals surface area (Å²) in [4.78, 5) is 53.3. The van der Waals surface area contributed by atoms with Crippen LogP contribution < -0.4 is 21.2 Å². The standard InChI is InChI=1S/C34H46N6O8/c1-20(2)13-26(32(43)45-6)35-31(42)27(36-33(44)48-34(3,4)5)19-46-18-23-17-40(38-37-23)16-22-15-28(41)47-30-24-10-8-12-39-11-7-9-21(29(24)39)14-25(22)30/h14-15,17,20,26-27H,7-13,16,18-19H2,1-6H3,(H,35,42)(H,36,44)/t26-,27-/m0/s1. The van der Waals surface area contributed by atoms with Gasteiger partial charge in [-0.2, -0.15) is 0 Å². The van der Waals surface area contributed by atoms with Crippen LogP contribution in [0.1, 0.15) is 76.3 Å². The molecule has 0 aliphatic carbocycles. The molecule has 0 bridgehead atoms. The van der Waals surface area contributed by atoms with Gasteiger partial charge in [0.1, 0.15) is 29.0 Å². The largest absolute Gasteiger partial charge is 0.467 e. The number of nitrogens with zero attached hydrogens (tertiary/aromatic N) is 4. The zero-order chi connectivity index (χ0) is 34.6. The van der Waals surface area contributed by atoms with E-state index in [1.807, 2.05) is 13.8 Å². The van der Waals surface area contributed by atoms with Gasteiger partial charge in [-0.05, 0) is 76.0 Å². The number of alkyl carbamates (subject to hydrolysis) is 1. The molecule has 14 nitrogen and oxygen atoms in total. The number of esters is 1. The Kier molecular flexibility index (Phi) is 10.7. The molecule has 2 aliphatic heterocycles. The molecule has 3 aromatic rings. The van der Waals surface area contributed by atoms with E-state index in [4.69, 9.17) is 18.6 Å². The van der Waals surface area contributed by atoms with Crippen LogP contribution in [0.3, 0.4) is 0 Å². The number of aromatic nitrogens is 3. The van der Waals surface area contributed by atoms with E-state index in [1.54, 1.807) is 31.6 Å². The zero-order valence-corrected chi connectivity index (χ0v) is 28.6. The van der Waals surface area contributed by atoms with Crippen molar-refractivity contribution in [3.8, 4) is 0 Å². The molecule has 0 saturated heterocycles. The lowest BCUT2D eigenvalue weighted by Gasteiger charge is -2.37. The predicted molar refractivity (Wildman–Crippen MR) is 177 cm³/mol. The average molecular weight is 667 g/mol. The van der Waals surface area contributed by atoms with E-state index in [0.717, 1.165) is 55.3 Å². The highest BCUT2D eigenvalue weighted by atomic mass is 16.6. The Labute approximate surface area is 279 Å². The molecule has 2 atom stereocenters. The summed E-state index contributed by atoms with van der Waals surface area (Å²) in [6, 6.07) is 1.59. The van der Waals surface area contributed by atoms with Crippen LogP contribution in [0, 0.1) is 5.92 Å². The first-order chi connectivity index (χ1) is 22.8. The van der Waals surface area contributed by atoms with Crippen molar-refractivity contribution in [3.63, 3.8) is 0 Å². The van der Waals surface area contributed by atoms with Crippen LogP contribution >= 0.6 is 0 Å². The van der Waals surface area contributed by atoms with Gasteiger partial charge >= 0.3 is 17.7 Å². The second-order valence-electron chi connectivity index (χ2n) is 13.9. The fraction of sp³-hybridized carbons (Fsp3) is 0.588. The van der Waals surface area contributed by atoms with E-state index in [1.165, 1.54) is 24.4 Å². The van der Waals surface area contributed by atoms with Crippen molar-refractivity contribution in [2.45, 2.75) is 97.6 Å². The van der Waals surface area contributed by atoms with Gasteiger partial charge in [-0.25, -0.2) is 19.1 Å². The van der Waals surface area contributed by atoms with Crippen molar-refractivity contribution in [1.29, 1.82) is 0 Å². The summed E-state index contributed by atoms with van der Waals surface area (Å²) in [6.07, 6.45) is 5.22. The van der Waals surface area contributed by atoms with Gasteiger partial charge in [0.15, 0.2) is 0 Å². The number of fused-ring (bicyclic) bond motifs is 2. The maximum Gasteiger partial charge on any atom is 0.408 e. The molecule has 2 aliphatic rings. The average Bonchev–Trinajstić information content (AvgIpc) is 3.46. The SMILES string of the molecule is COC(=O)[C@H](CC(C)C)NC(=O)[C@H](COCc1cn(Cc2cc(=O)oc3c4c5c(cc23)CCCN5CCC4)nn1)NC(=O)OC(C)(C)C. The van der Waals surface area contributed by atoms with E-state index in [2.05, 4.69) is 31.9 Å². The molecule has 0 unspecified atom stereocenters. The molecular weight excluding hydrogens is 620 g/mol. The lowest BCUT2D eigenvalue weighted by molar-refractivity contribution is -0.146. The van der Waals surface area contributed by atoms with E-state index < -0.39 is 41.3 Å². The number of carbonyl (C=O) groups excluding carboxylic acids is 3. The Morgan fingerprint density at radius 2 is 1.81 bits per heavy atom. The second-order valence-corrected chi connectivity index (χ2v) is 13.9. The fourth-order valence-electron chi connectivity index (χ4n) is 6.34. The number of anilines is 1. The second kappa shape index (κ2) is 14.8. The molecular formula is C34H46N6O8. The minimum atomic E-state index is -1.17. The third-order valence-corrected chi connectivity index (χ3v) is 8.28. The Bertz CT molecular complexity index is 1710. The molecule has 0 saturated carbocycles. The molecule has 2 N–H and O–H groups in total. The minimum absolute atomic E-state index is 0.0165.